The van der Waals surface area contributed by atoms with Crippen molar-refractivity contribution in [3.63, 3.8) is 0 Å². The molecule has 0 unspecified atom stereocenters. The van der Waals surface area contributed by atoms with Gasteiger partial charge in [0.15, 0.2) is 5.82 Å². The Hall–Kier alpha value is -1.69. The molecule has 0 atom stereocenters. The van der Waals surface area contributed by atoms with Crippen LogP contribution >= 0.6 is 0 Å². The third kappa shape index (κ3) is 2.27. The van der Waals surface area contributed by atoms with Crippen LogP contribution in [0.4, 0.5) is 5.82 Å². The van der Waals surface area contributed by atoms with Crippen molar-refractivity contribution in [2.75, 3.05) is 11.9 Å². The highest BCUT2D eigenvalue weighted by molar-refractivity contribution is 5.92. The highest BCUT2D eigenvalue weighted by Gasteiger charge is 2.27. The molecule has 1 heterocycles. The Morgan fingerprint density at radius 2 is 2.31 bits per heavy atom. The molecule has 1 aromatic heterocycles. The van der Waals surface area contributed by atoms with Gasteiger partial charge in [-0.1, -0.05) is 0 Å². The molecule has 1 saturated carbocycles. The summed E-state index contributed by atoms with van der Waals surface area (Å²) in [6.45, 7) is 0.621. The SMILES string of the molecule is O=C(O)c1ccnnc1NCC1CC(O)C1. The summed E-state index contributed by atoms with van der Waals surface area (Å²) in [5, 5.41) is 28.3. The highest BCUT2D eigenvalue weighted by Crippen LogP contribution is 2.27. The zero-order valence-electron chi connectivity index (χ0n) is 8.63. The van der Waals surface area contributed by atoms with Crippen LogP contribution in [0, 0.1) is 5.92 Å². The van der Waals surface area contributed by atoms with Gasteiger partial charge >= 0.3 is 5.97 Å². The second kappa shape index (κ2) is 4.44. The van der Waals surface area contributed by atoms with E-state index < -0.39 is 5.97 Å². The Morgan fingerprint density at radius 3 is 2.94 bits per heavy atom. The van der Waals surface area contributed by atoms with Gasteiger partial charge in [-0.15, -0.1) is 5.10 Å². The molecule has 0 bridgehead atoms. The van der Waals surface area contributed by atoms with Crippen LogP contribution < -0.4 is 5.32 Å². The first kappa shape index (κ1) is 10.8. The minimum atomic E-state index is -1.02. The lowest BCUT2D eigenvalue weighted by molar-refractivity contribution is 0.0485. The van der Waals surface area contributed by atoms with Crippen LogP contribution in [0.15, 0.2) is 12.3 Å². The van der Waals surface area contributed by atoms with Crippen molar-refractivity contribution in [2.24, 2.45) is 5.92 Å². The Bertz CT molecular complexity index is 391. The quantitative estimate of drug-likeness (QED) is 0.682. The Kier molecular flexibility index (Phi) is 3.00. The third-order valence-electron chi connectivity index (χ3n) is 2.72. The zero-order chi connectivity index (χ0) is 11.5. The van der Waals surface area contributed by atoms with E-state index >= 15 is 0 Å². The lowest BCUT2D eigenvalue weighted by Gasteiger charge is -2.31. The Morgan fingerprint density at radius 1 is 1.56 bits per heavy atom. The molecule has 6 nitrogen and oxygen atoms in total. The number of carboxylic acid groups (broad SMARTS) is 1. The lowest BCUT2D eigenvalue weighted by atomic mass is 9.82. The standard InChI is InChI=1S/C10H13N3O3/c14-7-3-6(4-7)5-11-9-8(10(15)16)1-2-12-13-9/h1-2,6-7,14H,3-5H2,(H,11,13)(H,15,16). The van der Waals surface area contributed by atoms with Crippen LogP contribution in [0.25, 0.3) is 0 Å². The van der Waals surface area contributed by atoms with Gasteiger partial charge in [-0.2, -0.15) is 5.10 Å². The van der Waals surface area contributed by atoms with Gasteiger partial charge < -0.3 is 15.5 Å². The fraction of sp³-hybridized carbons (Fsp3) is 0.500. The average molecular weight is 223 g/mol. The number of nitrogens with zero attached hydrogens (tertiary/aromatic N) is 2. The summed E-state index contributed by atoms with van der Waals surface area (Å²) in [6, 6.07) is 1.41. The van der Waals surface area contributed by atoms with Gasteiger partial charge in [-0.05, 0) is 24.8 Å². The maximum absolute atomic E-state index is 10.9. The molecule has 0 radical (unpaired) electrons. The van der Waals surface area contributed by atoms with Crippen LogP contribution in [-0.2, 0) is 0 Å². The number of hydrogen-bond acceptors (Lipinski definition) is 5. The number of aromatic nitrogens is 2. The topological polar surface area (TPSA) is 95.3 Å². The zero-order valence-corrected chi connectivity index (χ0v) is 8.63. The van der Waals surface area contributed by atoms with Crippen LogP contribution in [-0.4, -0.2) is 39.0 Å². The number of aliphatic hydroxyl groups is 1. The second-order valence-corrected chi connectivity index (χ2v) is 3.97. The fourth-order valence-corrected chi connectivity index (χ4v) is 1.74. The van der Waals surface area contributed by atoms with Crippen molar-refractivity contribution < 1.29 is 15.0 Å². The second-order valence-electron chi connectivity index (χ2n) is 3.97. The number of hydrogen-bond donors (Lipinski definition) is 3. The van der Waals surface area contributed by atoms with E-state index in [0.717, 1.165) is 12.8 Å². The van der Waals surface area contributed by atoms with Crippen LogP contribution in [0.2, 0.25) is 0 Å². The van der Waals surface area contributed by atoms with Gasteiger partial charge in [0.1, 0.15) is 5.56 Å². The van der Waals surface area contributed by atoms with E-state index in [-0.39, 0.29) is 17.5 Å². The van der Waals surface area contributed by atoms with Gasteiger partial charge in [-0.25, -0.2) is 4.79 Å². The minimum Gasteiger partial charge on any atom is -0.478 e. The number of aromatic carboxylic acids is 1. The van der Waals surface area contributed by atoms with E-state index in [0.29, 0.717) is 12.5 Å². The van der Waals surface area contributed by atoms with Crippen molar-refractivity contribution in [1.82, 2.24) is 10.2 Å². The predicted octanol–water partition coefficient (Wildman–Crippen LogP) is 0.358. The molecule has 2 rings (SSSR count). The van der Waals surface area contributed by atoms with E-state index in [9.17, 15) is 4.79 Å². The molecular formula is C10H13N3O3. The van der Waals surface area contributed by atoms with Gasteiger partial charge in [0, 0.05) is 6.54 Å². The van der Waals surface area contributed by atoms with Crippen molar-refractivity contribution >= 4 is 11.8 Å². The summed E-state index contributed by atoms with van der Waals surface area (Å²) in [6.07, 6.45) is 2.67. The maximum Gasteiger partial charge on any atom is 0.339 e. The molecule has 1 aromatic rings. The Labute approximate surface area is 92.3 Å². The highest BCUT2D eigenvalue weighted by atomic mass is 16.4. The third-order valence-corrected chi connectivity index (χ3v) is 2.72. The molecule has 3 N–H and O–H groups in total. The summed E-state index contributed by atoms with van der Waals surface area (Å²) in [5.74, 6) is -0.346. The van der Waals surface area contributed by atoms with Crippen molar-refractivity contribution in [3.05, 3.63) is 17.8 Å². The number of nitrogens with one attached hydrogen (secondary N) is 1. The number of carboxylic acids is 1. The van der Waals surface area contributed by atoms with Crippen LogP contribution in [0.3, 0.4) is 0 Å². The summed E-state index contributed by atoms with van der Waals surface area (Å²) in [5.41, 5.74) is 0.120. The molecule has 1 aliphatic rings. The number of anilines is 1. The van der Waals surface area contributed by atoms with E-state index in [2.05, 4.69) is 15.5 Å². The molecule has 1 aliphatic carbocycles. The maximum atomic E-state index is 10.9. The van der Waals surface area contributed by atoms with Gasteiger partial charge in [0.2, 0.25) is 0 Å². The van der Waals surface area contributed by atoms with E-state index in [1.807, 2.05) is 0 Å². The molecule has 0 saturated heterocycles. The van der Waals surface area contributed by atoms with Crippen LogP contribution in [0.5, 0.6) is 0 Å². The molecule has 6 heteroatoms. The molecular weight excluding hydrogens is 210 g/mol. The number of rotatable bonds is 4. The van der Waals surface area contributed by atoms with E-state index in [1.165, 1.54) is 12.3 Å². The average Bonchev–Trinajstić information content (AvgIpc) is 2.23. The minimum absolute atomic E-state index is 0.120. The summed E-state index contributed by atoms with van der Waals surface area (Å²) >= 11 is 0. The fourth-order valence-electron chi connectivity index (χ4n) is 1.74. The van der Waals surface area contributed by atoms with Crippen molar-refractivity contribution in [3.8, 4) is 0 Å². The van der Waals surface area contributed by atoms with Crippen LogP contribution in [0.1, 0.15) is 23.2 Å². The molecule has 0 amide bonds. The van der Waals surface area contributed by atoms with Gasteiger partial charge in [0.05, 0.1) is 12.3 Å². The summed E-state index contributed by atoms with van der Waals surface area (Å²) in [7, 11) is 0. The molecule has 0 aliphatic heterocycles. The first-order valence-corrected chi connectivity index (χ1v) is 5.13. The number of carbonyl (C=O) groups is 1. The predicted molar refractivity (Wildman–Crippen MR) is 56.2 cm³/mol. The molecule has 0 spiro atoms. The first-order valence-electron chi connectivity index (χ1n) is 5.13. The smallest absolute Gasteiger partial charge is 0.339 e. The summed E-state index contributed by atoms with van der Waals surface area (Å²) in [4.78, 5) is 10.9. The lowest BCUT2D eigenvalue weighted by Crippen LogP contribution is -2.33. The molecule has 0 aromatic carbocycles. The van der Waals surface area contributed by atoms with Crippen molar-refractivity contribution in [2.45, 2.75) is 18.9 Å². The molecule has 16 heavy (non-hydrogen) atoms. The van der Waals surface area contributed by atoms with Gasteiger partial charge in [0.25, 0.3) is 0 Å². The monoisotopic (exact) mass is 223 g/mol. The van der Waals surface area contributed by atoms with E-state index in [4.69, 9.17) is 10.2 Å². The molecule has 86 valence electrons. The van der Waals surface area contributed by atoms with E-state index in [1.54, 1.807) is 0 Å². The van der Waals surface area contributed by atoms with Gasteiger partial charge in [-0.3, -0.25) is 0 Å². The Balaban J connectivity index is 1.95. The van der Waals surface area contributed by atoms with Crippen molar-refractivity contribution in [1.29, 1.82) is 0 Å². The molecule has 1 fully saturated rings. The normalized spacial score (nSPS) is 23.6. The number of aliphatic hydroxyl groups excluding tert-OH is 1. The summed E-state index contributed by atoms with van der Waals surface area (Å²) < 4.78 is 0. The largest absolute Gasteiger partial charge is 0.478 e. The first-order chi connectivity index (χ1) is 7.66.